The van der Waals surface area contributed by atoms with Crippen molar-refractivity contribution in [1.82, 2.24) is 0 Å². The molecule has 0 aromatic heterocycles. The summed E-state index contributed by atoms with van der Waals surface area (Å²) >= 11 is 0. The van der Waals surface area contributed by atoms with Crippen LogP contribution in [-0.4, -0.2) is 11.8 Å². The smallest absolute Gasteiger partial charge is 0.238 e. The molecule has 4 atom stereocenters. The first-order valence-electron chi connectivity index (χ1n) is 7.96. The van der Waals surface area contributed by atoms with Gasteiger partial charge in [-0.05, 0) is 25.5 Å². The summed E-state index contributed by atoms with van der Waals surface area (Å²) in [5.74, 6) is -0.197. The molecular formula is C19H19NO2. The second-order valence-corrected chi connectivity index (χ2v) is 6.42. The second kappa shape index (κ2) is 4.67. The minimum atomic E-state index is -0.195. The maximum Gasteiger partial charge on any atom is 0.238 e. The number of para-hydroxylation sites is 1. The molecule has 3 nitrogen and oxygen atoms in total. The fraction of sp³-hybridized carbons (Fsp3) is 0.368. The van der Waals surface area contributed by atoms with Crippen LogP contribution in [0.2, 0.25) is 0 Å². The van der Waals surface area contributed by atoms with E-state index in [1.165, 1.54) is 16.0 Å². The van der Waals surface area contributed by atoms with Crippen LogP contribution in [0.5, 0.6) is 0 Å². The van der Waals surface area contributed by atoms with Crippen molar-refractivity contribution in [2.45, 2.75) is 20.3 Å². The van der Waals surface area contributed by atoms with E-state index in [-0.39, 0.29) is 35.5 Å². The zero-order valence-electron chi connectivity index (χ0n) is 12.8. The molecule has 0 unspecified atom stereocenters. The number of allylic oxidation sites excluding steroid dienone is 4. The fourth-order valence-corrected chi connectivity index (χ4v) is 4.37. The summed E-state index contributed by atoms with van der Waals surface area (Å²) in [5.41, 5.74) is 3.36. The van der Waals surface area contributed by atoms with Crippen molar-refractivity contribution in [2.75, 3.05) is 4.90 Å². The third-order valence-corrected chi connectivity index (χ3v) is 5.45. The SMILES string of the molecule is CCC(C)=C1[C@@H]2C=C[C@@H]1[C@H]1C(=O)N(c3ccccc3)C(=O)[C@@H]12. The van der Waals surface area contributed by atoms with E-state index in [4.69, 9.17) is 0 Å². The second-order valence-electron chi connectivity index (χ2n) is 6.42. The number of amides is 2. The van der Waals surface area contributed by atoms with Gasteiger partial charge in [-0.3, -0.25) is 9.59 Å². The van der Waals surface area contributed by atoms with Crippen LogP contribution < -0.4 is 4.90 Å². The van der Waals surface area contributed by atoms with Crippen LogP contribution in [0, 0.1) is 23.7 Å². The van der Waals surface area contributed by atoms with E-state index in [0.29, 0.717) is 5.69 Å². The number of hydrogen-bond acceptors (Lipinski definition) is 2. The third-order valence-electron chi connectivity index (χ3n) is 5.45. The molecule has 1 aromatic rings. The molecule has 1 aliphatic heterocycles. The Kier molecular flexibility index (Phi) is 2.86. The van der Waals surface area contributed by atoms with E-state index in [1.54, 1.807) is 0 Å². The molecule has 1 saturated heterocycles. The van der Waals surface area contributed by atoms with Crippen molar-refractivity contribution in [3.05, 3.63) is 53.6 Å². The molecule has 3 aliphatic rings. The Morgan fingerprint density at radius 1 is 1.00 bits per heavy atom. The molecule has 2 bridgehead atoms. The number of carbonyl (C=O) groups excluding carboxylic acids is 2. The zero-order valence-corrected chi connectivity index (χ0v) is 12.8. The van der Waals surface area contributed by atoms with Gasteiger partial charge >= 0.3 is 0 Å². The number of anilines is 1. The molecule has 1 aromatic carbocycles. The summed E-state index contributed by atoms with van der Waals surface area (Å²) in [6.07, 6.45) is 5.26. The van der Waals surface area contributed by atoms with E-state index >= 15 is 0 Å². The number of benzene rings is 1. The van der Waals surface area contributed by atoms with Crippen molar-refractivity contribution in [3.8, 4) is 0 Å². The minimum absolute atomic E-state index is 0.0283. The summed E-state index contributed by atoms with van der Waals surface area (Å²) in [5, 5.41) is 0. The Labute approximate surface area is 130 Å². The fourth-order valence-electron chi connectivity index (χ4n) is 4.37. The molecule has 0 N–H and O–H groups in total. The van der Waals surface area contributed by atoms with E-state index in [1.807, 2.05) is 30.3 Å². The maximum atomic E-state index is 12.9. The Morgan fingerprint density at radius 2 is 1.55 bits per heavy atom. The lowest BCUT2D eigenvalue weighted by molar-refractivity contribution is -0.122. The van der Waals surface area contributed by atoms with Crippen molar-refractivity contribution in [3.63, 3.8) is 0 Å². The van der Waals surface area contributed by atoms with Gasteiger partial charge in [0.25, 0.3) is 0 Å². The topological polar surface area (TPSA) is 37.4 Å². The number of fused-ring (bicyclic) bond motifs is 5. The first kappa shape index (κ1) is 13.5. The van der Waals surface area contributed by atoms with Crippen molar-refractivity contribution in [2.24, 2.45) is 23.7 Å². The molecule has 2 aliphatic carbocycles. The van der Waals surface area contributed by atoms with Gasteiger partial charge in [-0.2, -0.15) is 0 Å². The van der Waals surface area contributed by atoms with Crippen LogP contribution in [0.15, 0.2) is 53.6 Å². The average molecular weight is 293 g/mol. The zero-order chi connectivity index (χ0) is 15.4. The lowest BCUT2D eigenvalue weighted by atomic mass is 9.85. The van der Waals surface area contributed by atoms with E-state index < -0.39 is 0 Å². The molecule has 1 saturated carbocycles. The first-order chi connectivity index (χ1) is 10.6. The van der Waals surface area contributed by atoms with Gasteiger partial charge in [0.1, 0.15) is 0 Å². The van der Waals surface area contributed by atoms with Gasteiger partial charge in [-0.1, -0.05) is 48.4 Å². The highest BCUT2D eigenvalue weighted by Gasteiger charge is 2.61. The van der Waals surface area contributed by atoms with Gasteiger partial charge in [0.05, 0.1) is 17.5 Å². The molecular weight excluding hydrogens is 274 g/mol. The number of carbonyl (C=O) groups is 2. The van der Waals surface area contributed by atoms with Crippen LogP contribution >= 0.6 is 0 Å². The molecule has 22 heavy (non-hydrogen) atoms. The number of imide groups is 1. The van der Waals surface area contributed by atoms with E-state index in [0.717, 1.165) is 6.42 Å². The van der Waals surface area contributed by atoms with Crippen LogP contribution in [0.1, 0.15) is 20.3 Å². The minimum Gasteiger partial charge on any atom is -0.274 e. The van der Waals surface area contributed by atoms with Gasteiger partial charge in [0.15, 0.2) is 0 Å². The monoisotopic (exact) mass is 293 g/mol. The Balaban J connectivity index is 1.77. The first-order valence-corrected chi connectivity index (χ1v) is 7.96. The maximum absolute atomic E-state index is 12.9. The van der Waals surface area contributed by atoms with Crippen LogP contribution in [0.3, 0.4) is 0 Å². The molecule has 0 radical (unpaired) electrons. The van der Waals surface area contributed by atoms with Gasteiger partial charge < -0.3 is 0 Å². The molecule has 3 heteroatoms. The van der Waals surface area contributed by atoms with Crippen molar-refractivity contribution in [1.29, 1.82) is 0 Å². The van der Waals surface area contributed by atoms with Crippen LogP contribution in [0.4, 0.5) is 5.69 Å². The summed E-state index contributed by atoms with van der Waals surface area (Å²) in [6, 6.07) is 9.29. The van der Waals surface area contributed by atoms with Gasteiger partial charge in [0, 0.05) is 11.8 Å². The molecule has 1 heterocycles. The number of rotatable bonds is 2. The predicted molar refractivity (Wildman–Crippen MR) is 85.0 cm³/mol. The highest BCUT2D eigenvalue weighted by Crippen LogP contribution is 2.57. The number of nitrogens with zero attached hydrogens (tertiary/aromatic N) is 1. The predicted octanol–water partition coefficient (Wildman–Crippen LogP) is 3.33. The highest BCUT2D eigenvalue weighted by molar-refractivity contribution is 6.23. The molecule has 0 spiro atoms. The Morgan fingerprint density at radius 3 is 2.05 bits per heavy atom. The number of hydrogen-bond donors (Lipinski definition) is 0. The quantitative estimate of drug-likeness (QED) is 0.619. The van der Waals surface area contributed by atoms with E-state index in [2.05, 4.69) is 26.0 Å². The summed E-state index contributed by atoms with van der Waals surface area (Å²) < 4.78 is 0. The largest absolute Gasteiger partial charge is 0.274 e. The van der Waals surface area contributed by atoms with Gasteiger partial charge in [-0.25, -0.2) is 4.90 Å². The van der Waals surface area contributed by atoms with E-state index in [9.17, 15) is 9.59 Å². The lowest BCUT2D eigenvalue weighted by Crippen LogP contribution is -2.33. The molecule has 112 valence electrons. The lowest BCUT2D eigenvalue weighted by Gasteiger charge is -2.19. The van der Waals surface area contributed by atoms with Crippen molar-refractivity contribution >= 4 is 17.5 Å². The normalized spacial score (nSPS) is 32.1. The van der Waals surface area contributed by atoms with Crippen LogP contribution in [-0.2, 0) is 9.59 Å². The standard InChI is InChI=1S/C19H19NO2/c1-3-11(2)15-13-9-10-14(15)17-16(13)18(21)20(19(17)22)12-7-5-4-6-8-12/h4-10,13-14,16-17H,3H2,1-2H3/t13-,14-,16+,17+/m0/s1. The molecule has 4 rings (SSSR count). The molecule has 2 amide bonds. The summed E-state index contributed by atoms with van der Waals surface area (Å²) in [6.45, 7) is 4.27. The van der Waals surface area contributed by atoms with Crippen LogP contribution in [0.25, 0.3) is 0 Å². The summed E-state index contributed by atoms with van der Waals surface area (Å²) in [4.78, 5) is 27.2. The van der Waals surface area contributed by atoms with Gasteiger partial charge in [-0.15, -0.1) is 0 Å². The Hall–Kier alpha value is -2.16. The summed E-state index contributed by atoms with van der Waals surface area (Å²) in [7, 11) is 0. The average Bonchev–Trinajstić information content (AvgIpc) is 3.17. The highest BCUT2D eigenvalue weighted by atomic mass is 16.2. The van der Waals surface area contributed by atoms with Gasteiger partial charge in [0.2, 0.25) is 11.8 Å². The molecule has 2 fully saturated rings. The third kappa shape index (κ3) is 1.57. The van der Waals surface area contributed by atoms with Crippen molar-refractivity contribution < 1.29 is 9.59 Å². The Bertz CT molecular complexity index is 682.